The molecule has 4 aromatic rings. The fourth-order valence-corrected chi connectivity index (χ4v) is 4.25. The summed E-state index contributed by atoms with van der Waals surface area (Å²) >= 11 is 7.46. The van der Waals surface area contributed by atoms with Crippen LogP contribution in [0.4, 0.5) is 5.69 Å². The number of carbonyl (C=O) groups excluding carboxylic acids is 1. The Hall–Kier alpha value is -2.90. The maximum absolute atomic E-state index is 12.3. The van der Waals surface area contributed by atoms with E-state index in [0.717, 1.165) is 28.9 Å². The molecule has 0 bridgehead atoms. The molecule has 0 spiro atoms. The highest BCUT2D eigenvalue weighted by Gasteiger charge is 2.15. The van der Waals surface area contributed by atoms with E-state index in [2.05, 4.69) is 32.5 Å². The minimum atomic E-state index is -0.166. The van der Waals surface area contributed by atoms with Gasteiger partial charge in [0.15, 0.2) is 0 Å². The van der Waals surface area contributed by atoms with Gasteiger partial charge in [0.05, 0.1) is 16.5 Å². The zero-order valence-electron chi connectivity index (χ0n) is 17.5. The molecule has 0 fully saturated rings. The number of rotatable bonds is 6. The van der Waals surface area contributed by atoms with Crippen LogP contribution in [0, 0.1) is 20.8 Å². The van der Waals surface area contributed by atoms with Crippen molar-refractivity contribution in [3.63, 3.8) is 0 Å². The maximum atomic E-state index is 12.3. The highest BCUT2D eigenvalue weighted by Crippen LogP contribution is 2.24. The van der Waals surface area contributed by atoms with Gasteiger partial charge in [0.1, 0.15) is 0 Å². The molecule has 2 heterocycles. The Balaban J connectivity index is 1.49. The van der Waals surface area contributed by atoms with Crippen molar-refractivity contribution in [2.75, 3.05) is 11.1 Å². The van der Waals surface area contributed by atoms with Gasteiger partial charge < -0.3 is 5.32 Å². The Morgan fingerprint density at radius 3 is 2.61 bits per heavy atom. The normalized spacial score (nSPS) is 11.1. The molecule has 1 N–H and O–H groups in total. The minimum absolute atomic E-state index is 0.166. The van der Waals surface area contributed by atoms with Crippen molar-refractivity contribution in [1.29, 1.82) is 0 Å². The SMILES string of the molecule is Cc1ccc(NC(=O)CSc2nc3nc(C)c(Cc4ccccc4)c(C)n3n2)c(Cl)c1. The first-order chi connectivity index (χ1) is 14.9. The molecule has 0 radical (unpaired) electrons. The van der Waals surface area contributed by atoms with Crippen molar-refractivity contribution < 1.29 is 4.79 Å². The molecule has 2 aromatic carbocycles. The molecule has 2 aromatic heterocycles. The van der Waals surface area contributed by atoms with E-state index in [1.807, 2.05) is 51.1 Å². The molecule has 0 aliphatic rings. The Bertz CT molecular complexity index is 1260. The molecule has 1 amide bonds. The molecule has 158 valence electrons. The quantitative estimate of drug-likeness (QED) is 0.416. The average Bonchev–Trinajstić information content (AvgIpc) is 3.15. The monoisotopic (exact) mass is 451 g/mol. The Labute approximate surface area is 190 Å². The highest BCUT2D eigenvalue weighted by atomic mass is 35.5. The van der Waals surface area contributed by atoms with Gasteiger partial charge in [0.25, 0.3) is 5.78 Å². The summed E-state index contributed by atoms with van der Waals surface area (Å²) < 4.78 is 1.75. The fourth-order valence-electron chi connectivity index (χ4n) is 3.34. The molecule has 0 saturated carbocycles. The average molecular weight is 452 g/mol. The fraction of sp³-hybridized carbons (Fsp3) is 0.217. The Kier molecular flexibility index (Phi) is 6.25. The summed E-state index contributed by atoms with van der Waals surface area (Å²) in [6.45, 7) is 5.96. The highest BCUT2D eigenvalue weighted by molar-refractivity contribution is 7.99. The summed E-state index contributed by atoms with van der Waals surface area (Å²) in [6.07, 6.45) is 0.781. The number of nitrogens with one attached hydrogen (secondary N) is 1. The molecule has 0 atom stereocenters. The van der Waals surface area contributed by atoms with Gasteiger partial charge in [-0.2, -0.15) is 4.98 Å². The van der Waals surface area contributed by atoms with Gasteiger partial charge in [-0.1, -0.05) is 59.8 Å². The van der Waals surface area contributed by atoms with Crippen LogP contribution in [0.1, 0.15) is 28.1 Å². The lowest BCUT2D eigenvalue weighted by Crippen LogP contribution is -2.14. The second-order valence-electron chi connectivity index (χ2n) is 7.35. The number of halogens is 1. The van der Waals surface area contributed by atoms with E-state index < -0.39 is 0 Å². The third-order valence-corrected chi connectivity index (χ3v) is 6.13. The molecule has 0 aliphatic heterocycles. The first kappa shape index (κ1) is 21.3. The van der Waals surface area contributed by atoms with Crippen LogP contribution >= 0.6 is 23.4 Å². The zero-order chi connectivity index (χ0) is 22.0. The van der Waals surface area contributed by atoms with Gasteiger partial charge in [-0.25, -0.2) is 9.50 Å². The predicted molar refractivity (Wildman–Crippen MR) is 125 cm³/mol. The van der Waals surface area contributed by atoms with Crippen LogP contribution in [-0.4, -0.2) is 31.2 Å². The predicted octanol–water partition coefficient (Wildman–Crippen LogP) is 5.02. The summed E-state index contributed by atoms with van der Waals surface area (Å²) in [7, 11) is 0. The van der Waals surface area contributed by atoms with Crippen LogP contribution in [0.15, 0.2) is 53.7 Å². The van der Waals surface area contributed by atoms with Crippen LogP contribution in [0.25, 0.3) is 5.78 Å². The molecule has 8 heteroatoms. The lowest BCUT2D eigenvalue weighted by molar-refractivity contribution is -0.113. The lowest BCUT2D eigenvalue weighted by atomic mass is 10.0. The number of anilines is 1. The van der Waals surface area contributed by atoms with Gasteiger partial charge in [-0.3, -0.25) is 4.79 Å². The second-order valence-corrected chi connectivity index (χ2v) is 8.70. The third kappa shape index (κ3) is 4.89. The van der Waals surface area contributed by atoms with Crippen LogP contribution in [-0.2, 0) is 11.2 Å². The van der Waals surface area contributed by atoms with Gasteiger partial charge in [-0.15, -0.1) is 5.10 Å². The first-order valence-electron chi connectivity index (χ1n) is 9.86. The summed E-state index contributed by atoms with van der Waals surface area (Å²) in [4.78, 5) is 21.5. The number of hydrogen-bond acceptors (Lipinski definition) is 5. The van der Waals surface area contributed by atoms with Crippen molar-refractivity contribution >= 4 is 40.7 Å². The van der Waals surface area contributed by atoms with Crippen LogP contribution in [0.5, 0.6) is 0 Å². The van der Waals surface area contributed by atoms with E-state index in [-0.39, 0.29) is 11.7 Å². The second kappa shape index (κ2) is 9.08. The number of thioether (sulfide) groups is 1. The number of hydrogen-bond donors (Lipinski definition) is 1. The number of aryl methyl sites for hydroxylation is 3. The topological polar surface area (TPSA) is 72.2 Å². The van der Waals surface area contributed by atoms with E-state index in [0.29, 0.717) is 21.6 Å². The number of aromatic nitrogens is 4. The number of benzene rings is 2. The lowest BCUT2D eigenvalue weighted by Gasteiger charge is -2.10. The number of carbonyl (C=O) groups is 1. The molecule has 4 rings (SSSR count). The Morgan fingerprint density at radius 2 is 1.87 bits per heavy atom. The number of nitrogens with zero attached hydrogens (tertiary/aromatic N) is 4. The Morgan fingerprint density at radius 1 is 1.10 bits per heavy atom. The van der Waals surface area contributed by atoms with Crippen molar-refractivity contribution in [2.24, 2.45) is 0 Å². The van der Waals surface area contributed by atoms with E-state index in [4.69, 9.17) is 11.6 Å². The molecule has 0 saturated heterocycles. The van der Waals surface area contributed by atoms with Gasteiger partial charge in [-0.05, 0) is 49.6 Å². The maximum Gasteiger partial charge on any atom is 0.253 e. The number of amides is 1. The van der Waals surface area contributed by atoms with Crippen molar-refractivity contribution in [2.45, 2.75) is 32.3 Å². The largest absolute Gasteiger partial charge is 0.324 e. The minimum Gasteiger partial charge on any atom is -0.324 e. The van der Waals surface area contributed by atoms with E-state index in [9.17, 15) is 4.79 Å². The standard InChI is InChI=1S/C23H22ClN5OS/c1-14-9-10-20(19(24)11-14)26-21(30)13-31-23-27-22-25-15(2)18(16(3)29(22)28-23)12-17-7-5-4-6-8-17/h4-11H,12-13H2,1-3H3,(H,26,30). The molecular formula is C23H22ClN5OS. The van der Waals surface area contributed by atoms with E-state index in [1.165, 1.54) is 17.3 Å². The summed E-state index contributed by atoms with van der Waals surface area (Å²) in [5.41, 5.74) is 5.92. The van der Waals surface area contributed by atoms with Gasteiger partial charge in [0.2, 0.25) is 11.1 Å². The van der Waals surface area contributed by atoms with Crippen LogP contribution in [0.3, 0.4) is 0 Å². The summed E-state index contributed by atoms with van der Waals surface area (Å²) in [5, 5.41) is 8.42. The summed E-state index contributed by atoms with van der Waals surface area (Å²) in [6, 6.07) is 15.8. The van der Waals surface area contributed by atoms with Crippen molar-refractivity contribution in [1.82, 2.24) is 19.6 Å². The van der Waals surface area contributed by atoms with Gasteiger partial charge in [0, 0.05) is 17.8 Å². The molecule has 0 aliphatic carbocycles. The summed E-state index contributed by atoms with van der Waals surface area (Å²) in [5.74, 6) is 0.548. The zero-order valence-corrected chi connectivity index (χ0v) is 19.1. The molecule has 6 nitrogen and oxygen atoms in total. The van der Waals surface area contributed by atoms with E-state index >= 15 is 0 Å². The first-order valence-corrected chi connectivity index (χ1v) is 11.2. The van der Waals surface area contributed by atoms with Crippen LogP contribution < -0.4 is 5.32 Å². The van der Waals surface area contributed by atoms with Gasteiger partial charge >= 0.3 is 0 Å². The number of fused-ring (bicyclic) bond motifs is 1. The van der Waals surface area contributed by atoms with Crippen molar-refractivity contribution in [3.05, 3.63) is 81.6 Å². The molecule has 0 unspecified atom stereocenters. The smallest absolute Gasteiger partial charge is 0.253 e. The van der Waals surface area contributed by atoms with Crippen LogP contribution in [0.2, 0.25) is 5.02 Å². The van der Waals surface area contributed by atoms with E-state index in [1.54, 1.807) is 10.6 Å². The third-order valence-electron chi connectivity index (χ3n) is 4.98. The molecular weight excluding hydrogens is 430 g/mol. The molecule has 31 heavy (non-hydrogen) atoms. The van der Waals surface area contributed by atoms with Crippen molar-refractivity contribution in [3.8, 4) is 0 Å².